The normalized spacial score (nSPS) is 13.1. The summed E-state index contributed by atoms with van der Waals surface area (Å²) >= 11 is 0. The summed E-state index contributed by atoms with van der Waals surface area (Å²) in [6.45, 7) is 10.2. The predicted octanol–water partition coefficient (Wildman–Crippen LogP) is 9.08. The van der Waals surface area contributed by atoms with Gasteiger partial charge in [0.15, 0.2) is 0 Å². The maximum atomic E-state index is 6.66. The number of ether oxygens (including phenoxy) is 2. The Balaban J connectivity index is 2.13. The Morgan fingerprint density at radius 2 is 1.43 bits per heavy atom. The largest absolute Gasteiger partial charge is 0.497 e. The second-order valence-electron chi connectivity index (χ2n) is 10.8. The van der Waals surface area contributed by atoms with Crippen LogP contribution in [-0.4, -0.2) is 27.9 Å². The average Bonchev–Trinajstić information content (AvgIpc) is 2.85. The second kappa shape index (κ2) is 16.6. The zero-order valence-electron chi connectivity index (χ0n) is 22.9. The van der Waals surface area contributed by atoms with Gasteiger partial charge in [-0.3, -0.25) is 0 Å². The summed E-state index contributed by atoms with van der Waals surface area (Å²) in [6.07, 6.45) is 10.9. The smallest absolute Gasteiger partial charge is 0.118 e. The zero-order valence-corrected chi connectivity index (χ0v) is 23.9. The standard InChI is InChI=1S/C32H48O2Si/c1-6-7-8-9-11-17-26-34-31(21-16-10-12-18-27-35(3,4)5)32(28-19-14-13-15-20-28)29-22-24-30(33-2)25-23-29/h13-15,19-20,22-25,31-32H,6-11,16-17,21,26-27H2,1-5H3. The van der Waals surface area contributed by atoms with Gasteiger partial charge in [-0.2, -0.15) is 0 Å². The van der Waals surface area contributed by atoms with Crippen LogP contribution in [0.4, 0.5) is 0 Å². The first kappa shape index (κ1) is 29.2. The van der Waals surface area contributed by atoms with Crippen LogP contribution in [0.15, 0.2) is 54.6 Å². The van der Waals surface area contributed by atoms with Crippen LogP contribution in [0.3, 0.4) is 0 Å². The van der Waals surface area contributed by atoms with E-state index in [2.05, 4.69) is 93.0 Å². The monoisotopic (exact) mass is 492 g/mol. The molecule has 2 aromatic carbocycles. The minimum atomic E-state index is -1.10. The summed E-state index contributed by atoms with van der Waals surface area (Å²) in [5, 5.41) is 0. The van der Waals surface area contributed by atoms with Crippen LogP contribution >= 0.6 is 0 Å². The van der Waals surface area contributed by atoms with E-state index in [4.69, 9.17) is 9.47 Å². The molecule has 2 aromatic rings. The van der Waals surface area contributed by atoms with Gasteiger partial charge in [0.05, 0.1) is 21.3 Å². The van der Waals surface area contributed by atoms with Crippen molar-refractivity contribution in [2.45, 2.75) is 102 Å². The molecule has 0 spiro atoms. The van der Waals surface area contributed by atoms with Crippen molar-refractivity contribution < 1.29 is 9.47 Å². The quantitative estimate of drug-likeness (QED) is 0.132. The van der Waals surface area contributed by atoms with Gasteiger partial charge in [0.25, 0.3) is 0 Å². The van der Waals surface area contributed by atoms with Crippen molar-refractivity contribution in [2.75, 3.05) is 13.7 Å². The van der Waals surface area contributed by atoms with Crippen molar-refractivity contribution in [2.24, 2.45) is 0 Å². The van der Waals surface area contributed by atoms with Crippen LogP contribution in [0.2, 0.25) is 25.7 Å². The van der Waals surface area contributed by atoms with Crippen LogP contribution < -0.4 is 4.74 Å². The Kier molecular flexibility index (Phi) is 13.9. The summed E-state index contributed by atoms with van der Waals surface area (Å²) < 4.78 is 12.1. The third-order valence-electron chi connectivity index (χ3n) is 6.37. The number of rotatable bonds is 16. The molecule has 0 amide bonds. The van der Waals surface area contributed by atoms with E-state index in [-0.39, 0.29) is 12.0 Å². The molecule has 0 aliphatic carbocycles. The molecule has 0 saturated carbocycles. The number of hydrogen-bond acceptors (Lipinski definition) is 2. The third-order valence-corrected chi connectivity index (χ3v) is 7.61. The zero-order chi connectivity index (χ0) is 25.4. The first-order valence-electron chi connectivity index (χ1n) is 13.7. The van der Waals surface area contributed by atoms with Crippen molar-refractivity contribution >= 4 is 8.07 Å². The van der Waals surface area contributed by atoms with Crippen molar-refractivity contribution in [3.63, 3.8) is 0 Å². The van der Waals surface area contributed by atoms with E-state index in [1.807, 2.05) is 0 Å². The lowest BCUT2D eigenvalue weighted by Gasteiger charge is -2.29. The highest BCUT2D eigenvalue weighted by Crippen LogP contribution is 2.33. The summed E-state index contributed by atoms with van der Waals surface area (Å²) in [6, 6.07) is 20.5. The van der Waals surface area contributed by atoms with Gasteiger partial charge in [-0.15, -0.1) is 11.8 Å². The van der Waals surface area contributed by atoms with Gasteiger partial charge in [-0.25, -0.2) is 0 Å². The minimum Gasteiger partial charge on any atom is -0.497 e. The molecule has 3 heteroatoms. The van der Waals surface area contributed by atoms with E-state index in [1.54, 1.807) is 7.11 Å². The van der Waals surface area contributed by atoms with E-state index >= 15 is 0 Å². The molecule has 2 atom stereocenters. The lowest BCUT2D eigenvalue weighted by Crippen LogP contribution is -2.24. The molecule has 0 heterocycles. The van der Waals surface area contributed by atoms with Gasteiger partial charge < -0.3 is 9.47 Å². The lowest BCUT2D eigenvalue weighted by molar-refractivity contribution is 0.0329. The second-order valence-corrected chi connectivity index (χ2v) is 16.3. The molecule has 2 rings (SSSR count). The summed E-state index contributed by atoms with van der Waals surface area (Å²) in [4.78, 5) is 0. The maximum absolute atomic E-state index is 6.66. The molecule has 2 nitrogen and oxygen atoms in total. The molecule has 35 heavy (non-hydrogen) atoms. The molecular weight excluding hydrogens is 444 g/mol. The van der Waals surface area contributed by atoms with Crippen LogP contribution in [0, 0.1) is 11.8 Å². The maximum Gasteiger partial charge on any atom is 0.118 e. The average molecular weight is 493 g/mol. The van der Waals surface area contributed by atoms with E-state index in [0.717, 1.165) is 44.1 Å². The Morgan fingerprint density at radius 1 is 0.771 bits per heavy atom. The van der Waals surface area contributed by atoms with Crippen molar-refractivity contribution in [1.82, 2.24) is 0 Å². The minimum absolute atomic E-state index is 0.139. The van der Waals surface area contributed by atoms with E-state index in [0.29, 0.717) is 0 Å². The Labute approximate surface area is 216 Å². The highest BCUT2D eigenvalue weighted by Gasteiger charge is 2.25. The van der Waals surface area contributed by atoms with Crippen molar-refractivity contribution in [3.05, 3.63) is 65.7 Å². The fourth-order valence-electron chi connectivity index (χ4n) is 4.36. The van der Waals surface area contributed by atoms with Gasteiger partial charge in [0.2, 0.25) is 0 Å². The molecule has 0 aromatic heterocycles. The van der Waals surface area contributed by atoms with E-state index < -0.39 is 8.07 Å². The molecule has 0 fully saturated rings. The Hall–Kier alpha value is -2.02. The van der Waals surface area contributed by atoms with Gasteiger partial charge in [-0.05, 0) is 42.5 Å². The molecule has 0 aliphatic heterocycles. The van der Waals surface area contributed by atoms with Crippen LogP contribution in [0.25, 0.3) is 0 Å². The van der Waals surface area contributed by atoms with E-state index in [1.165, 1.54) is 43.2 Å². The highest BCUT2D eigenvalue weighted by molar-refractivity contribution is 6.76. The predicted molar refractivity (Wildman–Crippen MR) is 154 cm³/mol. The number of hydrogen-bond donors (Lipinski definition) is 0. The summed E-state index contributed by atoms with van der Waals surface area (Å²) in [7, 11) is 0.626. The molecule has 0 N–H and O–H groups in total. The molecule has 0 radical (unpaired) electrons. The molecule has 0 aliphatic rings. The Bertz CT molecular complexity index is 858. The molecule has 2 unspecified atom stereocenters. The van der Waals surface area contributed by atoms with Gasteiger partial charge in [0.1, 0.15) is 5.75 Å². The van der Waals surface area contributed by atoms with Gasteiger partial charge in [0, 0.05) is 25.0 Å². The number of benzene rings is 2. The van der Waals surface area contributed by atoms with E-state index in [9.17, 15) is 0 Å². The number of unbranched alkanes of at least 4 members (excludes halogenated alkanes) is 6. The fourth-order valence-corrected chi connectivity index (χ4v) is 5.02. The van der Waals surface area contributed by atoms with Gasteiger partial charge in [-0.1, -0.05) is 101 Å². The Morgan fingerprint density at radius 3 is 2.09 bits per heavy atom. The summed E-state index contributed by atoms with van der Waals surface area (Å²) in [5.41, 5.74) is 2.60. The molecule has 0 bridgehead atoms. The fraction of sp³-hybridized carbons (Fsp3) is 0.562. The van der Waals surface area contributed by atoms with Crippen LogP contribution in [-0.2, 0) is 4.74 Å². The van der Waals surface area contributed by atoms with Crippen LogP contribution in [0.1, 0.15) is 81.8 Å². The molecule has 0 saturated heterocycles. The van der Waals surface area contributed by atoms with Crippen molar-refractivity contribution in [1.29, 1.82) is 0 Å². The first-order chi connectivity index (χ1) is 16.9. The summed E-state index contributed by atoms with van der Waals surface area (Å²) in [5.74, 6) is 7.97. The third kappa shape index (κ3) is 12.0. The number of methoxy groups -OCH3 is 1. The molecule has 192 valence electrons. The molecular formula is C32H48O2Si. The topological polar surface area (TPSA) is 18.5 Å². The van der Waals surface area contributed by atoms with Crippen molar-refractivity contribution in [3.8, 4) is 17.6 Å². The SMILES string of the molecule is CCCCCCCCOC(CCCC#CC[Si](C)(C)C)C(c1ccccc1)c1ccc(OC)cc1. The lowest BCUT2D eigenvalue weighted by atomic mass is 9.84. The first-order valence-corrected chi connectivity index (χ1v) is 17.4. The highest BCUT2D eigenvalue weighted by atomic mass is 28.3. The van der Waals surface area contributed by atoms with Crippen LogP contribution in [0.5, 0.6) is 5.75 Å². The van der Waals surface area contributed by atoms with Gasteiger partial charge >= 0.3 is 0 Å².